The van der Waals surface area contributed by atoms with Crippen LogP contribution in [-0.4, -0.2) is 11.0 Å². The van der Waals surface area contributed by atoms with Crippen molar-refractivity contribution in [2.45, 2.75) is 19.4 Å². The summed E-state index contributed by atoms with van der Waals surface area (Å²) >= 11 is 5.03. The number of nitrogens with zero attached hydrogens (tertiary/aromatic N) is 1. The Morgan fingerprint density at radius 1 is 1.47 bits per heavy atom. The summed E-state index contributed by atoms with van der Waals surface area (Å²) in [7, 11) is 0. The molecule has 1 heterocycles. The van der Waals surface area contributed by atoms with Crippen LogP contribution in [0, 0.1) is 10.1 Å². The van der Waals surface area contributed by atoms with Gasteiger partial charge in [0.2, 0.25) is 0 Å². The molecule has 0 radical (unpaired) electrons. The number of nitrogens with one attached hydrogen (secondary N) is 1. The molecule has 1 atom stereocenters. The van der Waals surface area contributed by atoms with Crippen LogP contribution in [0.15, 0.2) is 40.2 Å². The van der Waals surface area contributed by atoms with Gasteiger partial charge in [0.05, 0.1) is 4.92 Å². The lowest BCUT2D eigenvalue weighted by molar-refractivity contribution is -0.384. The van der Waals surface area contributed by atoms with Crippen LogP contribution in [0.1, 0.15) is 11.8 Å². The topological polar surface area (TPSA) is 55.2 Å². The number of benzene rings is 1. The zero-order valence-electron chi connectivity index (χ0n) is 10.3. The molecule has 6 heteroatoms. The third kappa shape index (κ3) is 3.78. The van der Waals surface area contributed by atoms with Crippen LogP contribution in [0.5, 0.6) is 0 Å². The molecule has 1 unspecified atom stereocenters. The molecule has 0 saturated heterocycles. The van der Waals surface area contributed by atoms with Gasteiger partial charge in [-0.3, -0.25) is 10.1 Å². The van der Waals surface area contributed by atoms with Gasteiger partial charge in [-0.1, -0.05) is 22.0 Å². The molecule has 100 valence electrons. The number of thiophene rings is 1. The second-order valence-electron chi connectivity index (χ2n) is 4.25. The SMILES string of the molecule is CC(Cc1cccs1)Nc1cc(Br)ccc1[N+](=O)[O-]. The Morgan fingerprint density at radius 2 is 2.26 bits per heavy atom. The monoisotopic (exact) mass is 340 g/mol. The smallest absolute Gasteiger partial charge is 0.292 e. The third-order valence-corrected chi connectivity index (χ3v) is 4.04. The Kier molecular flexibility index (Phi) is 4.55. The molecule has 0 saturated carbocycles. The first-order valence-corrected chi connectivity index (χ1v) is 7.46. The Hall–Kier alpha value is -1.40. The summed E-state index contributed by atoms with van der Waals surface area (Å²) in [4.78, 5) is 11.9. The summed E-state index contributed by atoms with van der Waals surface area (Å²) in [6.07, 6.45) is 0.849. The largest absolute Gasteiger partial charge is 0.377 e. The lowest BCUT2D eigenvalue weighted by Gasteiger charge is -2.14. The molecule has 0 aliphatic rings. The van der Waals surface area contributed by atoms with Crippen molar-refractivity contribution in [2.75, 3.05) is 5.32 Å². The van der Waals surface area contributed by atoms with Gasteiger partial charge in [-0.2, -0.15) is 0 Å². The van der Waals surface area contributed by atoms with Crippen molar-refractivity contribution < 1.29 is 4.92 Å². The van der Waals surface area contributed by atoms with Crippen LogP contribution in [-0.2, 0) is 6.42 Å². The van der Waals surface area contributed by atoms with E-state index in [1.54, 1.807) is 23.5 Å². The zero-order chi connectivity index (χ0) is 13.8. The number of hydrogen-bond donors (Lipinski definition) is 1. The van der Waals surface area contributed by atoms with Gasteiger partial charge in [0.1, 0.15) is 5.69 Å². The van der Waals surface area contributed by atoms with Crippen molar-refractivity contribution in [3.05, 3.63) is 55.2 Å². The number of rotatable bonds is 5. The highest BCUT2D eigenvalue weighted by atomic mass is 79.9. The van der Waals surface area contributed by atoms with E-state index in [1.165, 1.54) is 10.9 Å². The summed E-state index contributed by atoms with van der Waals surface area (Å²) in [6, 6.07) is 9.12. The van der Waals surface area contributed by atoms with Crippen LogP contribution < -0.4 is 5.32 Å². The van der Waals surface area contributed by atoms with Crippen molar-refractivity contribution in [2.24, 2.45) is 0 Å². The Labute approximate surface area is 123 Å². The van der Waals surface area contributed by atoms with Crippen molar-refractivity contribution >= 4 is 38.6 Å². The molecule has 2 aromatic rings. The Bertz CT molecular complexity index is 572. The molecule has 1 N–H and O–H groups in total. The maximum absolute atomic E-state index is 11.0. The number of nitro groups is 1. The van der Waals surface area contributed by atoms with E-state index in [9.17, 15) is 10.1 Å². The standard InChI is InChI=1S/C13H13BrN2O2S/c1-9(7-11-3-2-6-19-11)15-12-8-10(14)4-5-13(12)16(17)18/h2-6,8-9,15H,7H2,1H3. The first-order valence-electron chi connectivity index (χ1n) is 5.79. The molecular weight excluding hydrogens is 328 g/mol. The molecule has 0 amide bonds. The van der Waals surface area contributed by atoms with Crippen LogP contribution in [0.2, 0.25) is 0 Å². The van der Waals surface area contributed by atoms with Gasteiger partial charge in [0.25, 0.3) is 5.69 Å². The second-order valence-corrected chi connectivity index (χ2v) is 6.20. The molecule has 0 fully saturated rings. The molecule has 2 rings (SSSR count). The van der Waals surface area contributed by atoms with E-state index in [1.807, 2.05) is 18.4 Å². The van der Waals surface area contributed by atoms with Crippen LogP contribution >= 0.6 is 27.3 Å². The van der Waals surface area contributed by atoms with Gasteiger partial charge in [0, 0.05) is 27.9 Å². The van der Waals surface area contributed by atoms with Gasteiger partial charge in [-0.05, 0) is 30.5 Å². The Balaban J connectivity index is 2.13. The number of hydrogen-bond acceptors (Lipinski definition) is 4. The van der Waals surface area contributed by atoms with Crippen molar-refractivity contribution in [1.29, 1.82) is 0 Å². The normalized spacial score (nSPS) is 12.1. The van der Waals surface area contributed by atoms with Crippen LogP contribution in [0.4, 0.5) is 11.4 Å². The highest BCUT2D eigenvalue weighted by Gasteiger charge is 2.15. The third-order valence-electron chi connectivity index (χ3n) is 2.64. The summed E-state index contributed by atoms with van der Waals surface area (Å²) in [5.74, 6) is 0. The fourth-order valence-corrected chi connectivity index (χ4v) is 3.03. The van der Waals surface area contributed by atoms with E-state index in [4.69, 9.17) is 0 Å². The van der Waals surface area contributed by atoms with E-state index in [2.05, 4.69) is 27.3 Å². The van der Waals surface area contributed by atoms with Gasteiger partial charge in [-0.15, -0.1) is 11.3 Å². The lowest BCUT2D eigenvalue weighted by atomic mass is 10.2. The van der Waals surface area contributed by atoms with Gasteiger partial charge < -0.3 is 5.32 Å². The summed E-state index contributed by atoms with van der Waals surface area (Å²) in [5.41, 5.74) is 0.643. The maximum Gasteiger partial charge on any atom is 0.292 e. The van der Waals surface area contributed by atoms with E-state index < -0.39 is 0 Å². The minimum absolute atomic E-state index is 0.0984. The average Bonchev–Trinajstić information content (AvgIpc) is 2.81. The fraction of sp³-hybridized carbons (Fsp3) is 0.231. The summed E-state index contributed by atoms with van der Waals surface area (Å²) in [6.45, 7) is 2.02. The quantitative estimate of drug-likeness (QED) is 0.645. The van der Waals surface area contributed by atoms with Crippen LogP contribution in [0.3, 0.4) is 0 Å². The predicted molar refractivity (Wildman–Crippen MR) is 81.9 cm³/mol. The number of halogens is 1. The van der Waals surface area contributed by atoms with Crippen molar-refractivity contribution in [3.63, 3.8) is 0 Å². The van der Waals surface area contributed by atoms with E-state index in [0.717, 1.165) is 10.9 Å². The van der Waals surface area contributed by atoms with Gasteiger partial charge >= 0.3 is 0 Å². The van der Waals surface area contributed by atoms with Crippen molar-refractivity contribution in [3.8, 4) is 0 Å². The summed E-state index contributed by atoms with van der Waals surface area (Å²) in [5, 5.41) is 16.2. The molecule has 1 aromatic heterocycles. The molecule has 0 aliphatic carbocycles. The first-order chi connectivity index (χ1) is 9.06. The zero-order valence-corrected chi connectivity index (χ0v) is 12.7. The fourth-order valence-electron chi connectivity index (χ4n) is 1.83. The average molecular weight is 341 g/mol. The minimum atomic E-state index is -0.368. The Morgan fingerprint density at radius 3 is 2.89 bits per heavy atom. The number of nitro benzene ring substituents is 1. The number of anilines is 1. The molecule has 4 nitrogen and oxygen atoms in total. The maximum atomic E-state index is 11.0. The highest BCUT2D eigenvalue weighted by Crippen LogP contribution is 2.28. The second kappa shape index (κ2) is 6.16. The van der Waals surface area contributed by atoms with E-state index >= 15 is 0 Å². The van der Waals surface area contributed by atoms with Crippen LogP contribution in [0.25, 0.3) is 0 Å². The van der Waals surface area contributed by atoms with E-state index in [0.29, 0.717) is 5.69 Å². The van der Waals surface area contributed by atoms with Crippen molar-refractivity contribution in [1.82, 2.24) is 0 Å². The summed E-state index contributed by atoms with van der Waals surface area (Å²) < 4.78 is 0.823. The molecular formula is C13H13BrN2O2S. The minimum Gasteiger partial charge on any atom is -0.377 e. The molecule has 0 spiro atoms. The van der Waals surface area contributed by atoms with Gasteiger partial charge in [0.15, 0.2) is 0 Å². The first kappa shape index (κ1) is 14.0. The lowest BCUT2D eigenvalue weighted by Crippen LogP contribution is -2.18. The molecule has 1 aromatic carbocycles. The van der Waals surface area contributed by atoms with Gasteiger partial charge in [-0.25, -0.2) is 0 Å². The molecule has 0 bridgehead atoms. The molecule has 0 aliphatic heterocycles. The molecule has 19 heavy (non-hydrogen) atoms. The van der Waals surface area contributed by atoms with E-state index in [-0.39, 0.29) is 16.7 Å². The predicted octanol–water partition coefficient (Wildman–Crippen LogP) is 4.46. The highest BCUT2D eigenvalue weighted by molar-refractivity contribution is 9.10.